The molecule has 0 saturated carbocycles. The Morgan fingerprint density at radius 1 is 0.964 bits per heavy atom. The first-order valence-electron chi connectivity index (χ1n) is 9.13. The van der Waals surface area contributed by atoms with E-state index in [0.29, 0.717) is 24.2 Å². The summed E-state index contributed by atoms with van der Waals surface area (Å²) < 4.78 is 5.14. The highest BCUT2D eigenvalue weighted by Crippen LogP contribution is 2.32. The number of rotatable bonds is 7. The predicted molar refractivity (Wildman–Crippen MR) is 113 cm³/mol. The number of hydrogen-bond acceptors (Lipinski definition) is 3. The molecule has 0 amide bonds. The number of Topliss-reactive ketones (excluding diaryl/α,β-unsaturated/α-hetero) is 1. The Hall–Kier alpha value is -3.46. The van der Waals surface area contributed by atoms with E-state index in [2.05, 4.69) is 37.4 Å². The van der Waals surface area contributed by atoms with Gasteiger partial charge in [-0.3, -0.25) is 4.79 Å². The standard InChI is InChI=1S/C25H22O3/c1-4-25(27)28-20-13-9-18(10-14-20)22-15-11-19(12-16-24(26)17(2)3)21-7-5-6-8-23(21)22/h4-11,13-15H,1-2,12,16H2,3H3. The fourth-order valence-corrected chi connectivity index (χ4v) is 3.15. The molecule has 0 radical (unpaired) electrons. The number of carbonyl (C=O) groups excluding carboxylic acids is 2. The molecule has 0 heterocycles. The molecule has 0 aliphatic rings. The van der Waals surface area contributed by atoms with Gasteiger partial charge in [0.1, 0.15) is 5.75 Å². The van der Waals surface area contributed by atoms with Crippen LogP contribution in [-0.2, 0) is 16.0 Å². The summed E-state index contributed by atoms with van der Waals surface area (Å²) in [6, 6.07) is 19.7. The molecular weight excluding hydrogens is 348 g/mol. The largest absolute Gasteiger partial charge is 0.423 e. The molecule has 0 aliphatic carbocycles. The zero-order chi connectivity index (χ0) is 20.1. The van der Waals surface area contributed by atoms with Gasteiger partial charge in [0.2, 0.25) is 0 Å². The van der Waals surface area contributed by atoms with Gasteiger partial charge in [-0.1, -0.05) is 61.7 Å². The van der Waals surface area contributed by atoms with Crippen molar-refractivity contribution in [1.29, 1.82) is 0 Å². The van der Waals surface area contributed by atoms with E-state index in [1.165, 1.54) is 0 Å². The first kappa shape index (κ1) is 19.3. The minimum absolute atomic E-state index is 0.0952. The number of hydrogen-bond donors (Lipinski definition) is 0. The van der Waals surface area contributed by atoms with Crippen molar-refractivity contribution in [3.63, 3.8) is 0 Å². The van der Waals surface area contributed by atoms with Crippen LogP contribution in [0.25, 0.3) is 21.9 Å². The van der Waals surface area contributed by atoms with Gasteiger partial charge in [0.05, 0.1) is 0 Å². The van der Waals surface area contributed by atoms with Gasteiger partial charge in [0, 0.05) is 12.5 Å². The van der Waals surface area contributed by atoms with Gasteiger partial charge < -0.3 is 4.74 Å². The lowest BCUT2D eigenvalue weighted by atomic mass is 9.92. The van der Waals surface area contributed by atoms with Crippen LogP contribution in [0.3, 0.4) is 0 Å². The summed E-state index contributed by atoms with van der Waals surface area (Å²) in [7, 11) is 0. The van der Waals surface area contributed by atoms with Gasteiger partial charge in [-0.05, 0) is 58.5 Å². The van der Waals surface area contributed by atoms with Crippen LogP contribution in [0.15, 0.2) is 85.5 Å². The Bertz CT molecular complexity index is 1060. The number of aryl methyl sites for hydroxylation is 1. The molecule has 140 valence electrons. The molecule has 3 heteroatoms. The summed E-state index contributed by atoms with van der Waals surface area (Å²) in [5.41, 5.74) is 3.86. The maximum Gasteiger partial charge on any atom is 0.335 e. The maximum atomic E-state index is 11.9. The van der Waals surface area contributed by atoms with Gasteiger partial charge in [-0.2, -0.15) is 0 Å². The van der Waals surface area contributed by atoms with E-state index in [9.17, 15) is 9.59 Å². The number of allylic oxidation sites excluding steroid dienone is 1. The van der Waals surface area contributed by atoms with E-state index in [1.54, 1.807) is 19.1 Å². The Kier molecular flexibility index (Phi) is 5.85. The highest BCUT2D eigenvalue weighted by atomic mass is 16.5. The third-order valence-electron chi connectivity index (χ3n) is 4.66. The second-order valence-corrected chi connectivity index (χ2v) is 6.67. The zero-order valence-electron chi connectivity index (χ0n) is 15.9. The molecule has 0 spiro atoms. The number of carbonyl (C=O) groups is 2. The average molecular weight is 370 g/mol. The molecule has 0 bridgehead atoms. The van der Waals surface area contributed by atoms with Crippen LogP contribution in [0.4, 0.5) is 0 Å². The SMILES string of the molecule is C=CC(=O)Oc1ccc(-c2ccc(CCC(=O)C(=C)C)c3ccccc23)cc1. The number of ketones is 1. The fourth-order valence-electron chi connectivity index (χ4n) is 3.15. The van der Waals surface area contributed by atoms with E-state index >= 15 is 0 Å². The van der Waals surface area contributed by atoms with E-state index < -0.39 is 5.97 Å². The van der Waals surface area contributed by atoms with Crippen molar-refractivity contribution in [2.75, 3.05) is 0 Å². The molecule has 0 aromatic heterocycles. The minimum Gasteiger partial charge on any atom is -0.423 e. The molecule has 0 aliphatic heterocycles. The number of ether oxygens (including phenoxy) is 1. The van der Waals surface area contributed by atoms with Crippen LogP contribution in [0.2, 0.25) is 0 Å². The lowest BCUT2D eigenvalue weighted by molar-refractivity contribution is -0.129. The van der Waals surface area contributed by atoms with Crippen molar-refractivity contribution in [3.8, 4) is 16.9 Å². The van der Waals surface area contributed by atoms with Crippen LogP contribution < -0.4 is 4.74 Å². The summed E-state index contributed by atoms with van der Waals surface area (Å²) in [5.74, 6) is 0.0950. The van der Waals surface area contributed by atoms with Gasteiger partial charge in [-0.25, -0.2) is 4.79 Å². The summed E-state index contributed by atoms with van der Waals surface area (Å²) in [6.07, 6.45) is 2.28. The molecule has 28 heavy (non-hydrogen) atoms. The van der Waals surface area contributed by atoms with E-state index in [1.807, 2.05) is 24.3 Å². The molecule has 0 unspecified atom stereocenters. The summed E-state index contributed by atoms with van der Waals surface area (Å²) in [5, 5.41) is 2.26. The van der Waals surface area contributed by atoms with Crippen LogP contribution in [-0.4, -0.2) is 11.8 Å². The summed E-state index contributed by atoms with van der Waals surface area (Å²) >= 11 is 0. The number of esters is 1. The first-order chi connectivity index (χ1) is 13.5. The third kappa shape index (κ3) is 4.26. The molecule has 3 aromatic carbocycles. The quantitative estimate of drug-likeness (QED) is 0.305. The Morgan fingerprint density at radius 3 is 2.29 bits per heavy atom. The van der Waals surface area contributed by atoms with Crippen LogP contribution in [0, 0.1) is 0 Å². The van der Waals surface area contributed by atoms with Crippen molar-refractivity contribution < 1.29 is 14.3 Å². The van der Waals surface area contributed by atoms with E-state index in [0.717, 1.165) is 33.5 Å². The number of benzene rings is 3. The molecular formula is C25H22O3. The van der Waals surface area contributed by atoms with Crippen molar-refractivity contribution in [2.45, 2.75) is 19.8 Å². The molecule has 3 rings (SSSR count). The fraction of sp³-hybridized carbons (Fsp3) is 0.120. The van der Waals surface area contributed by atoms with E-state index in [4.69, 9.17) is 4.74 Å². The zero-order valence-corrected chi connectivity index (χ0v) is 15.9. The van der Waals surface area contributed by atoms with Crippen LogP contribution >= 0.6 is 0 Å². The van der Waals surface area contributed by atoms with E-state index in [-0.39, 0.29) is 5.78 Å². The molecule has 3 nitrogen and oxygen atoms in total. The monoisotopic (exact) mass is 370 g/mol. The van der Waals surface area contributed by atoms with Gasteiger partial charge in [0.15, 0.2) is 5.78 Å². The lowest BCUT2D eigenvalue weighted by Gasteiger charge is -2.12. The van der Waals surface area contributed by atoms with Crippen molar-refractivity contribution >= 4 is 22.5 Å². The van der Waals surface area contributed by atoms with Gasteiger partial charge >= 0.3 is 5.97 Å². The Morgan fingerprint density at radius 2 is 1.64 bits per heavy atom. The first-order valence-corrected chi connectivity index (χ1v) is 9.13. The van der Waals surface area contributed by atoms with Crippen molar-refractivity contribution in [3.05, 3.63) is 91.0 Å². The van der Waals surface area contributed by atoms with Crippen molar-refractivity contribution in [1.82, 2.24) is 0 Å². The average Bonchev–Trinajstić information content (AvgIpc) is 2.72. The molecule has 0 saturated heterocycles. The van der Waals surface area contributed by atoms with Gasteiger partial charge in [0.25, 0.3) is 0 Å². The molecule has 0 fully saturated rings. The maximum absolute atomic E-state index is 11.9. The highest BCUT2D eigenvalue weighted by Gasteiger charge is 2.10. The third-order valence-corrected chi connectivity index (χ3v) is 4.66. The highest BCUT2D eigenvalue weighted by molar-refractivity contribution is 5.99. The Labute approximate surface area is 165 Å². The molecule has 0 atom stereocenters. The Balaban J connectivity index is 1.94. The minimum atomic E-state index is -0.480. The summed E-state index contributed by atoms with van der Waals surface area (Å²) in [4.78, 5) is 23.3. The normalized spacial score (nSPS) is 10.5. The van der Waals surface area contributed by atoms with Gasteiger partial charge in [-0.15, -0.1) is 0 Å². The molecule has 3 aromatic rings. The second-order valence-electron chi connectivity index (χ2n) is 6.67. The smallest absolute Gasteiger partial charge is 0.335 e. The predicted octanol–water partition coefficient (Wildman–Crippen LogP) is 5.68. The number of fused-ring (bicyclic) bond motifs is 1. The topological polar surface area (TPSA) is 43.4 Å². The summed E-state index contributed by atoms with van der Waals surface area (Å²) in [6.45, 7) is 8.88. The molecule has 0 N–H and O–H groups in total. The van der Waals surface area contributed by atoms with Crippen LogP contribution in [0.1, 0.15) is 18.9 Å². The lowest BCUT2D eigenvalue weighted by Crippen LogP contribution is -2.02. The second kappa shape index (κ2) is 8.49. The van der Waals surface area contributed by atoms with Crippen molar-refractivity contribution in [2.24, 2.45) is 0 Å². The van der Waals surface area contributed by atoms with Crippen LogP contribution in [0.5, 0.6) is 5.75 Å².